The Bertz CT molecular complexity index is 393. The Labute approximate surface area is 91.7 Å². The maximum atomic E-state index is 12.8. The lowest BCUT2D eigenvalue weighted by Crippen LogP contribution is -2.35. The highest BCUT2D eigenvalue weighted by Crippen LogP contribution is 2.29. The first-order valence-electron chi connectivity index (χ1n) is 4.29. The maximum Gasteiger partial charge on any atom is 0.305 e. The summed E-state index contributed by atoms with van der Waals surface area (Å²) in [5, 5.41) is 8.80. The van der Waals surface area contributed by atoms with Crippen molar-refractivity contribution in [2.45, 2.75) is 18.9 Å². The van der Waals surface area contributed by atoms with E-state index in [1.54, 1.807) is 6.92 Å². The van der Waals surface area contributed by atoms with Gasteiger partial charge in [-0.05, 0) is 24.6 Å². The van der Waals surface area contributed by atoms with Crippen molar-refractivity contribution in [3.63, 3.8) is 0 Å². The van der Waals surface area contributed by atoms with Gasteiger partial charge < -0.3 is 10.8 Å². The monoisotopic (exact) mass is 231 g/mol. The first-order chi connectivity index (χ1) is 6.83. The Kier molecular flexibility index (Phi) is 3.31. The number of hydrogen-bond acceptors (Lipinski definition) is 2. The van der Waals surface area contributed by atoms with Gasteiger partial charge in [0.1, 0.15) is 5.82 Å². The summed E-state index contributed by atoms with van der Waals surface area (Å²) >= 11 is 5.78. The van der Waals surface area contributed by atoms with Crippen LogP contribution in [0.1, 0.15) is 18.9 Å². The lowest BCUT2D eigenvalue weighted by atomic mass is 9.90. The average molecular weight is 232 g/mol. The van der Waals surface area contributed by atoms with Crippen molar-refractivity contribution < 1.29 is 14.3 Å². The SMILES string of the molecule is CC(N)(CC(=O)O)c1ccc(F)cc1Cl. The van der Waals surface area contributed by atoms with Crippen LogP contribution in [0, 0.1) is 5.82 Å². The minimum absolute atomic E-state index is 0.140. The fourth-order valence-corrected chi connectivity index (χ4v) is 1.75. The number of carbonyl (C=O) groups is 1. The third kappa shape index (κ3) is 2.91. The van der Waals surface area contributed by atoms with Crippen LogP contribution in [-0.2, 0) is 10.3 Å². The zero-order chi connectivity index (χ0) is 11.6. The highest BCUT2D eigenvalue weighted by Gasteiger charge is 2.27. The third-order valence-corrected chi connectivity index (χ3v) is 2.38. The van der Waals surface area contributed by atoms with Gasteiger partial charge in [0, 0.05) is 5.02 Å². The number of rotatable bonds is 3. The van der Waals surface area contributed by atoms with Crippen molar-refractivity contribution in [1.29, 1.82) is 0 Å². The Hall–Kier alpha value is -1.13. The lowest BCUT2D eigenvalue weighted by molar-refractivity contribution is -0.138. The Morgan fingerprint density at radius 2 is 2.27 bits per heavy atom. The molecule has 0 aliphatic rings. The summed E-state index contributed by atoms with van der Waals surface area (Å²) in [7, 11) is 0. The predicted molar refractivity (Wildman–Crippen MR) is 55.2 cm³/mol. The maximum absolute atomic E-state index is 12.8. The van der Waals surface area contributed by atoms with Gasteiger partial charge >= 0.3 is 5.97 Å². The van der Waals surface area contributed by atoms with Crippen molar-refractivity contribution in [3.05, 3.63) is 34.6 Å². The molecule has 1 unspecified atom stereocenters. The summed E-state index contributed by atoms with van der Waals surface area (Å²) < 4.78 is 12.8. The first kappa shape index (κ1) is 11.9. The summed E-state index contributed by atoms with van der Waals surface area (Å²) in [6.07, 6.45) is -0.266. The zero-order valence-electron chi connectivity index (χ0n) is 8.13. The van der Waals surface area contributed by atoms with Gasteiger partial charge in [0.2, 0.25) is 0 Å². The standard InChI is InChI=1S/C10H11ClFNO2/c1-10(13,5-9(14)15)7-3-2-6(12)4-8(7)11/h2-4H,5,13H2,1H3,(H,14,15). The molecule has 82 valence electrons. The number of nitrogens with two attached hydrogens (primary N) is 1. The van der Waals surface area contributed by atoms with Crippen LogP contribution in [0.25, 0.3) is 0 Å². The van der Waals surface area contributed by atoms with Crippen molar-refractivity contribution in [3.8, 4) is 0 Å². The number of hydrogen-bond donors (Lipinski definition) is 2. The normalized spacial score (nSPS) is 14.7. The van der Waals surface area contributed by atoms with Crippen LogP contribution in [0.15, 0.2) is 18.2 Å². The van der Waals surface area contributed by atoms with Gasteiger partial charge in [0.15, 0.2) is 0 Å². The summed E-state index contributed by atoms with van der Waals surface area (Å²) in [6.45, 7) is 1.54. The van der Waals surface area contributed by atoms with E-state index in [2.05, 4.69) is 0 Å². The second-order valence-corrected chi connectivity index (χ2v) is 4.02. The van der Waals surface area contributed by atoms with Crippen LogP contribution in [0.2, 0.25) is 5.02 Å². The van der Waals surface area contributed by atoms with Gasteiger partial charge in [0.05, 0.1) is 12.0 Å². The van der Waals surface area contributed by atoms with Gasteiger partial charge in [-0.1, -0.05) is 17.7 Å². The molecule has 0 heterocycles. The van der Waals surface area contributed by atoms with E-state index in [1.807, 2.05) is 0 Å². The van der Waals surface area contributed by atoms with E-state index in [0.29, 0.717) is 5.56 Å². The van der Waals surface area contributed by atoms with Gasteiger partial charge in [-0.3, -0.25) is 4.79 Å². The second-order valence-electron chi connectivity index (χ2n) is 3.61. The largest absolute Gasteiger partial charge is 0.481 e. The fraction of sp³-hybridized carbons (Fsp3) is 0.300. The van der Waals surface area contributed by atoms with Crippen molar-refractivity contribution in [2.75, 3.05) is 0 Å². The molecular formula is C10H11ClFNO2. The average Bonchev–Trinajstić information content (AvgIpc) is 1.99. The van der Waals surface area contributed by atoms with E-state index in [4.69, 9.17) is 22.4 Å². The quantitative estimate of drug-likeness (QED) is 0.838. The van der Waals surface area contributed by atoms with E-state index < -0.39 is 17.3 Å². The minimum atomic E-state index is -1.10. The van der Waals surface area contributed by atoms with Gasteiger partial charge in [0.25, 0.3) is 0 Å². The molecule has 5 heteroatoms. The van der Waals surface area contributed by atoms with Crippen LogP contribution >= 0.6 is 11.6 Å². The lowest BCUT2D eigenvalue weighted by Gasteiger charge is -2.24. The van der Waals surface area contributed by atoms with E-state index in [9.17, 15) is 9.18 Å². The van der Waals surface area contributed by atoms with Crippen LogP contribution in [0.3, 0.4) is 0 Å². The molecule has 0 aliphatic heterocycles. The molecule has 0 radical (unpaired) electrons. The summed E-state index contributed by atoms with van der Waals surface area (Å²) in [6, 6.07) is 3.72. The Morgan fingerprint density at radius 3 is 2.73 bits per heavy atom. The summed E-state index contributed by atoms with van der Waals surface area (Å²) in [5.74, 6) is -1.50. The number of carboxylic acids is 1. The van der Waals surface area contributed by atoms with Crippen molar-refractivity contribution in [1.82, 2.24) is 0 Å². The van der Waals surface area contributed by atoms with E-state index in [0.717, 1.165) is 6.07 Å². The van der Waals surface area contributed by atoms with Crippen LogP contribution in [0.5, 0.6) is 0 Å². The smallest absolute Gasteiger partial charge is 0.305 e. The first-order valence-corrected chi connectivity index (χ1v) is 4.67. The molecule has 0 saturated heterocycles. The summed E-state index contributed by atoms with van der Waals surface area (Å²) in [4.78, 5) is 10.6. The molecule has 1 atom stereocenters. The molecule has 0 saturated carbocycles. The molecule has 0 aliphatic carbocycles. The second kappa shape index (κ2) is 4.16. The number of carboxylic acid groups (broad SMARTS) is 1. The van der Waals surface area contributed by atoms with E-state index in [-0.39, 0.29) is 11.4 Å². The molecule has 3 nitrogen and oxygen atoms in total. The zero-order valence-corrected chi connectivity index (χ0v) is 8.88. The topological polar surface area (TPSA) is 63.3 Å². The highest BCUT2D eigenvalue weighted by atomic mass is 35.5. The van der Waals surface area contributed by atoms with E-state index >= 15 is 0 Å². The third-order valence-electron chi connectivity index (χ3n) is 2.06. The molecule has 1 aromatic rings. The predicted octanol–water partition coefficient (Wildman–Crippen LogP) is 2.13. The number of halogens is 2. The molecule has 0 amide bonds. The van der Waals surface area contributed by atoms with Crippen LogP contribution < -0.4 is 5.73 Å². The molecule has 3 N–H and O–H groups in total. The molecule has 1 rings (SSSR count). The molecule has 1 aromatic carbocycles. The van der Waals surface area contributed by atoms with Crippen LogP contribution in [-0.4, -0.2) is 11.1 Å². The Balaban J connectivity index is 3.09. The van der Waals surface area contributed by atoms with Gasteiger partial charge in [-0.15, -0.1) is 0 Å². The molecule has 0 fully saturated rings. The van der Waals surface area contributed by atoms with Gasteiger partial charge in [-0.2, -0.15) is 0 Å². The molecule has 0 bridgehead atoms. The number of aliphatic carboxylic acids is 1. The van der Waals surface area contributed by atoms with Gasteiger partial charge in [-0.25, -0.2) is 4.39 Å². The Morgan fingerprint density at radius 1 is 1.67 bits per heavy atom. The number of benzene rings is 1. The minimum Gasteiger partial charge on any atom is -0.481 e. The molecule has 0 aromatic heterocycles. The highest BCUT2D eigenvalue weighted by molar-refractivity contribution is 6.31. The van der Waals surface area contributed by atoms with Crippen molar-refractivity contribution >= 4 is 17.6 Å². The molecule has 15 heavy (non-hydrogen) atoms. The molecular weight excluding hydrogens is 221 g/mol. The van der Waals surface area contributed by atoms with Crippen LogP contribution in [0.4, 0.5) is 4.39 Å². The fourth-order valence-electron chi connectivity index (χ4n) is 1.36. The summed E-state index contributed by atoms with van der Waals surface area (Å²) in [5.41, 5.74) is 5.13. The van der Waals surface area contributed by atoms with Crippen molar-refractivity contribution in [2.24, 2.45) is 5.73 Å². The van der Waals surface area contributed by atoms with E-state index in [1.165, 1.54) is 12.1 Å². The molecule has 0 spiro atoms.